The van der Waals surface area contributed by atoms with Crippen molar-refractivity contribution in [1.29, 1.82) is 0 Å². The fourth-order valence-electron chi connectivity index (χ4n) is 2.14. The highest BCUT2D eigenvalue weighted by molar-refractivity contribution is 5.76. The Bertz CT molecular complexity index is 426. The summed E-state index contributed by atoms with van der Waals surface area (Å²) >= 11 is 0. The SMILES string of the molecule is COCCN1CCc2cc(C(C)C)nn2CC1=O. The van der Waals surface area contributed by atoms with Gasteiger partial charge in [0.25, 0.3) is 0 Å². The smallest absolute Gasteiger partial charge is 0.244 e. The van der Waals surface area contributed by atoms with Gasteiger partial charge in [-0.2, -0.15) is 5.10 Å². The number of amides is 1. The van der Waals surface area contributed by atoms with Crippen LogP contribution in [-0.2, 0) is 22.5 Å². The van der Waals surface area contributed by atoms with Crippen LogP contribution in [0, 0.1) is 0 Å². The van der Waals surface area contributed by atoms with Crippen molar-refractivity contribution in [1.82, 2.24) is 14.7 Å². The van der Waals surface area contributed by atoms with Crippen molar-refractivity contribution in [2.75, 3.05) is 26.8 Å². The molecule has 1 aromatic heterocycles. The summed E-state index contributed by atoms with van der Waals surface area (Å²) in [5.74, 6) is 0.535. The second-order valence-corrected chi connectivity index (χ2v) is 5.00. The second kappa shape index (κ2) is 5.52. The highest BCUT2D eigenvalue weighted by Crippen LogP contribution is 2.17. The number of carbonyl (C=O) groups is 1. The maximum absolute atomic E-state index is 12.1. The van der Waals surface area contributed by atoms with Crippen LogP contribution in [0.3, 0.4) is 0 Å². The lowest BCUT2D eigenvalue weighted by atomic mass is 10.1. The number of carbonyl (C=O) groups excluding carboxylic acids is 1. The zero-order valence-electron chi connectivity index (χ0n) is 11.3. The molecular weight excluding hydrogens is 230 g/mol. The third kappa shape index (κ3) is 2.72. The lowest BCUT2D eigenvalue weighted by Crippen LogP contribution is -2.35. The fourth-order valence-corrected chi connectivity index (χ4v) is 2.14. The Balaban J connectivity index is 2.10. The molecule has 1 aliphatic heterocycles. The molecule has 0 aliphatic carbocycles. The molecule has 2 heterocycles. The van der Waals surface area contributed by atoms with Gasteiger partial charge in [-0.15, -0.1) is 0 Å². The zero-order chi connectivity index (χ0) is 13.1. The van der Waals surface area contributed by atoms with E-state index in [-0.39, 0.29) is 5.91 Å². The standard InChI is InChI=1S/C13H21N3O2/c1-10(2)12-8-11-4-5-15(6-7-18-3)13(17)9-16(11)14-12/h8,10H,4-7,9H2,1-3H3. The number of hydrogen-bond donors (Lipinski definition) is 0. The van der Waals surface area contributed by atoms with Crippen molar-refractivity contribution < 1.29 is 9.53 Å². The number of ether oxygens (including phenoxy) is 1. The summed E-state index contributed by atoms with van der Waals surface area (Å²) in [6.45, 7) is 6.60. The number of hydrogen-bond acceptors (Lipinski definition) is 3. The highest BCUT2D eigenvalue weighted by atomic mass is 16.5. The van der Waals surface area contributed by atoms with Crippen LogP contribution < -0.4 is 0 Å². The molecule has 0 saturated carbocycles. The molecule has 0 aromatic carbocycles. The van der Waals surface area contributed by atoms with E-state index in [1.54, 1.807) is 7.11 Å². The molecule has 0 N–H and O–H groups in total. The Morgan fingerprint density at radius 1 is 1.50 bits per heavy atom. The van der Waals surface area contributed by atoms with Gasteiger partial charge in [0.15, 0.2) is 0 Å². The van der Waals surface area contributed by atoms with E-state index in [4.69, 9.17) is 4.74 Å². The third-order valence-electron chi connectivity index (χ3n) is 3.31. The average molecular weight is 251 g/mol. The Hall–Kier alpha value is -1.36. The third-order valence-corrected chi connectivity index (χ3v) is 3.31. The van der Waals surface area contributed by atoms with E-state index < -0.39 is 0 Å². The zero-order valence-corrected chi connectivity index (χ0v) is 11.3. The van der Waals surface area contributed by atoms with Gasteiger partial charge in [0.2, 0.25) is 5.91 Å². The van der Waals surface area contributed by atoms with Crippen LogP contribution in [0.5, 0.6) is 0 Å². The van der Waals surface area contributed by atoms with E-state index in [0.29, 0.717) is 25.6 Å². The van der Waals surface area contributed by atoms with Crippen molar-refractivity contribution in [2.24, 2.45) is 0 Å². The summed E-state index contributed by atoms with van der Waals surface area (Å²) in [7, 11) is 1.66. The molecule has 0 atom stereocenters. The number of nitrogens with zero attached hydrogens (tertiary/aromatic N) is 3. The van der Waals surface area contributed by atoms with Crippen molar-refractivity contribution >= 4 is 5.91 Å². The Morgan fingerprint density at radius 3 is 2.94 bits per heavy atom. The highest BCUT2D eigenvalue weighted by Gasteiger charge is 2.22. The lowest BCUT2D eigenvalue weighted by molar-refractivity contribution is -0.132. The van der Waals surface area contributed by atoms with Crippen LogP contribution in [0.15, 0.2) is 6.07 Å². The minimum absolute atomic E-state index is 0.129. The molecule has 18 heavy (non-hydrogen) atoms. The first kappa shape index (κ1) is 13.1. The summed E-state index contributed by atoms with van der Waals surface area (Å²) < 4.78 is 6.88. The lowest BCUT2D eigenvalue weighted by Gasteiger charge is -2.19. The molecule has 0 radical (unpaired) electrons. The number of fused-ring (bicyclic) bond motifs is 1. The summed E-state index contributed by atoms with van der Waals surface area (Å²) in [4.78, 5) is 13.9. The van der Waals surface area contributed by atoms with E-state index in [9.17, 15) is 4.79 Å². The maximum atomic E-state index is 12.1. The van der Waals surface area contributed by atoms with Crippen molar-refractivity contribution in [3.63, 3.8) is 0 Å². The minimum atomic E-state index is 0.129. The van der Waals surface area contributed by atoms with Gasteiger partial charge in [0, 0.05) is 32.3 Å². The van der Waals surface area contributed by atoms with Gasteiger partial charge >= 0.3 is 0 Å². The molecule has 0 unspecified atom stereocenters. The predicted molar refractivity (Wildman–Crippen MR) is 68.5 cm³/mol. The van der Waals surface area contributed by atoms with Crippen LogP contribution in [0.1, 0.15) is 31.2 Å². The van der Waals surface area contributed by atoms with Crippen LogP contribution in [-0.4, -0.2) is 47.4 Å². The molecule has 1 aromatic rings. The van der Waals surface area contributed by atoms with Gasteiger partial charge in [0.05, 0.1) is 12.3 Å². The van der Waals surface area contributed by atoms with Crippen LogP contribution in [0.4, 0.5) is 0 Å². The largest absolute Gasteiger partial charge is 0.383 e. The van der Waals surface area contributed by atoms with Gasteiger partial charge in [-0.25, -0.2) is 0 Å². The molecule has 5 heteroatoms. The summed E-state index contributed by atoms with van der Waals surface area (Å²) in [6, 6.07) is 2.12. The first-order chi connectivity index (χ1) is 8.61. The summed E-state index contributed by atoms with van der Waals surface area (Å²) in [5, 5.41) is 4.51. The average Bonchev–Trinajstić information content (AvgIpc) is 2.66. The minimum Gasteiger partial charge on any atom is -0.383 e. The summed E-state index contributed by atoms with van der Waals surface area (Å²) in [5.41, 5.74) is 2.23. The van der Waals surface area contributed by atoms with Gasteiger partial charge in [0.1, 0.15) is 6.54 Å². The quantitative estimate of drug-likeness (QED) is 0.803. The molecule has 5 nitrogen and oxygen atoms in total. The van der Waals surface area contributed by atoms with Gasteiger partial charge in [-0.05, 0) is 12.0 Å². The molecule has 100 valence electrons. The first-order valence-corrected chi connectivity index (χ1v) is 6.45. The monoisotopic (exact) mass is 251 g/mol. The van der Waals surface area contributed by atoms with E-state index in [2.05, 4.69) is 25.0 Å². The number of aromatic nitrogens is 2. The fraction of sp³-hybridized carbons (Fsp3) is 0.692. The molecule has 0 bridgehead atoms. The maximum Gasteiger partial charge on any atom is 0.244 e. The Morgan fingerprint density at radius 2 is 2.28 bits per heavy atom. The van der Waals surface area contributed by atoms with Gasteiger partial charge < -0.3 is 9.64 Å². The predicted octanol–water partition coefficient (Wildman–Crippen LogP) is 1.04. The van der Waals surface area contributed by atoms with Crippen LogP contribution in [0.25, 0.3) is 0 Å². The van der Waals surface area contributed by atoms with E-state index in [1.165, 1.54) is 0 Å². The first-order valence-electron chi connectivity index (χ1n) is 6.45. The van der Waals surface area contributed by atoms with Gasteiger partial charge in [-0.1, -0.05) is 13.8 Å². The molecular formula is C13H21N3O2. The molecule has 1 amide bonds. The van der Waals surface area contributed by atoms with Crippen LogP contribution in [0.2, 0.25) is 0 Å². The van der Waals surface area contributed by atoms with E-state index in [1.807, 2.05) is 9.58 Å². The Labute approximate surface area is 108 Å². The second-order valence-electron chi connectivity index (χ2n) is 5.00. The topological polar surface area (TPSA) is 47.4 Å². The molecule has 0 spiro atoms. The normalized spacial score (nSPS) is 16.0. The van der Waals surface area contributed by atoms with Crippen LogP contribution >= 0.6 is 0 Å². The Kier molecular flexibility index (Phi) is 4.01. The molecule has 2 rings (SSSR count). The van der Waals surface area contributed by atoms with Crippen molar-refractivity contribution in [2.45, 2.75) is 32.7 Å². The summed E-state index contributed by atoms with van der Waals surface area (Å²) in [6.07, 6.45) is 0.870. The molecule has 0 fully saturated rings. The van der Waals surface area contributed by atoms with E-state index >= 15 is 0 Å². The number of methoxy groups -OCH3 is 1. The number of rotatable bonds is 4. The molecule has 0 saturated heterocycles. The van der Waals surface area contributed by atoms with Crippen molar-refractivity contribution in [3.8, 4) is 0 Å². The van der Waals surface area contributed by atoms with E-state index in [0.717, 1.165) is 24.4 Å². The van der Waals surface area contributed by atoms with Gasteiger partial charge in [-0.3, -0.25) is 9.48 Å². The van der Waals surface area contributed by atoms with Crippen molar-refractivity contribution in [3.05, 3.63) is 17.5 Å². The molecule has 1 aliphatic rings.